The van der Waals surface area contributed by atoms with Crippen LogP contribution in [0.2, 0.25) is 0 Å². The van der Waals surface area contributed by atoms with Crippen LogP contribution in [0.3, 0.4) is 0 Å². The molecule has 84 valence electrons. The SMILES string of the molecule is Cc1ccc2c(c1)c(C1CCCC1)cn2C. The van der Waals surface area contributed by atoms with E-state index in [1.165, 1.54) is 42.1 Å². The van der Waals surface area contributed by atoms with E-state index in [0.29, 0.717) is 0 Å². The highest BCUT2D eigenvalue weighted by atomic mass is 14.9. The first-order valence-corrected chi connectivity index (χ1v) is 6.31. The lowest BCUT2D eigenvalue weighted by atomic mass is 9.96. The summed E-state index contributed by atoms with van der Waals surface area (Å²) in [6, 6.07) is 6.81. The Morgan fingerprint density at radius 2 is 1.94 bits per heavy atom. The van der Waals surface area contributed by atoms with Gasteiger partial charge in [0, 0.05) is 24.1 Å². The van der Waals surface area contributed by atoms with Crippen LogP contribution in [0.15, 0.2) is 24.4 Å². The topological polar surface area (TPSA) is 4.93 Å². The third-order valence-corrected chi connectivity index (χ3v) is 3.97. The van der Waals surface area contributed by atoms with Crippen LogP contribution in [0, 0.1) is 6.92 Å². The highest BCUT2D eigenvalue weighted by Crippen LogP contribution is 2.38. The van der Waals surface area contributed by atoms with E-state index < -0.39 is 0 Å². The van der Waals surface area contributed by atoms with Crippen molar-refractivity contribution in [2.75, 3.05) is 0 Å². The third-order valence-electron chi connectivity index (χ3n) is 3.97. The number of hydrogen-bond donors (Lipinski definition) is 0. The van der Waals surface area contributed by atoms with Gasteiger partial charge in [0.2, 0.25) is 0 Å². The van der Waals surface area contributed by atoms with Gasteiger partial charge >= 0.3 is 0 Å². The van der Waals surface area contributed by atoms with Crippen molar-refractivity contribution in [3.05, 3.63) is 35.5 Å². The molecule has 2 aromatic rings. The molecule has 1 aliphatic carbocycles. The van der Waals surface area contributed by atoms with Gasteiger partial charge in [-0.2, -0.15) is 0 Å². The van der Waals surface area contributed by atoms with E-state index in [4.69, 9.17) is 0 Å². The molecule has 1 aromatic carbocycles. The highest BCUT2D eigenvalue weighted by molar-refractivity contribution is 5.85. The standard InChI is InChI=1S/C15H19N/c1-11-7-8-15-13(9-11)14(10-16(15)2)12-5-3-4-6-12/h7-10,12H,3-6H2,1-2H3. The fourth-order valence-electron chi connectivity index (χ4n) is 3.10. The molecule has 0 aliphatic heterocycles. The van der Waals surface area contributed by atoms with Gasteiger partial charge in [0.05, 0.1) is 0 Å². The molecular weight excluding hydrogens is 194 g/mol. The van der Waals surface area contributed by atoms with E-state index in [9.17, 15) is 0 Å². The zero-order valence-corrected chi connectivity index (χ0v) is 10.2. The van der Waals surface area contributed by atoms with Crippen molar-refractivity contribution in [2.45, 2.75) is 38.5 Å². The van der Waals surface area contributed by atoms with Crippen LogP contribution < -0.4 is 0 Å². The Balaban J connectivity index is 2.19. The maximum Gasteiger partial charge on any atom is 0.0480 e. The molecule has 3 rings (SSSR count). The van der Waals surface area contributed by atoms with Gasteiger partial charge in [-0.3, -0.25) is 0 Å². The zero-order valence-electron chi connectivity index (χ0n) is 10.2. The third kappa shape index (κ3) is 1.46. The quantitative estimate of drug-likeness (QED) is 0.671. The number of aryl methyl sites for hydroxylation is 2. The maximum atomic E-state index is 2.35. The van der Waals surface area contributed by atoms with Crippen LogP contribution in [-0.2, 0) is 7.05 Å². The molecule has 0 radical (unpaired) electrons. The maximum absolute atomic E-state index is 2.35. The average Bonchev–Trinajstić information content (AvgIpc) is 2.86. The van der Waals surface area contributed by atoms with Gasteiger partial charge in [0.1, 0.15) is 0 Å². The Labute approximate surface area is 97.1 Å². The largest absolute Gasteiger partial charge is 0.350 e. The molecule has 16 heavy (non-hydrogen) atoms. The van der Waals surface area contributed by atoms with Gasteiger partial charge in [-0.25, -0.2) is 0 Å². The Hall–Kier alpha value is -1.24. The molecule has 1 aliphatic rings. The lowest BCUT2D eigenvalue weighted by Gasteiger charge is -2.07. The summed E-state index contributed by atoms with van der Waals surface area (Å²) in [5.41, 5.74) is 4.34. The summed E-state index contributed by atoms with van der Waals surface area (Å²) in [5, 5.41) is 1.48. The van der Waals surface area contributed by atoms with Crippen molar-refractivity contribution < 1.29 is 0 Å². The predicted molar refractivity (Wildman–Crippen MR) is 68.9 cm³/mol. The smallest absolute Gasteiger partial charge is 0.0480 e. The molecule has 0 atom stereocenters. The number of nitrogens with zero attached hydrogens (tertiary/aromatic N) is 1. The Kier molecular flexibility index (Phi) is 2.27. The molecule has 0 amide bonds. The molecule has 1 saturated carbocycles. The van der Waals surface area contributed by atoms with Crippen LogP contribution in [-0.4, -0.2) is 4.57 Å². The second-order valence-electron chi connectivity index (χ2n) is 5.20. The van der Waals surface area contributed by atoms with E-state index in [1.54, 1.807) is 5.56 Å². The average molecular weight is 213 g/mol. The molecule has 1 fully saturated rings. The van der Waals surface area contributed by atoms with Crippen LogP contribution in [0.25, 0.3) is 10.9 Å². The summed E-state index contributed by atoms with van der Waals surface area (Å²) >= 11 is 0. The number of rotatable bonds is 1. The van der Waals surface area contributed by atoms with E-state index in [0.717, 1.165) is 5.92 Å². The minimum absolute atomic E-state index is 0.811. The molecule has 0 spiro atoms. The summed E-state index contributed by atoms with van der Waals surface area (Å²) in [6.45, 7) is 2.19. The first-order valence-electron chi connectivity index (χ1n) is 6.31. The summed E-state index contributed by atoms with van der Waals surface area (Å²) in [6.07, 6.45) is 7.93. The Morgan fingerprint density at radius 3 is 2.69 bits per heavy atom. The van der Waals surface area contributed by atoms with E-state index in [-0.39, 0.29) is 0 Å². The van der Waals surface area contributed by atoms with Gasteiger partial charge in [-0.15, -0.1) is 0 Å². The first kappa shape index (κ1) is 9.95. The molecule has 1 heterocycles. The monoisotopic (exact) mass is 213 g/mol. The molecule has 0 N–H and O–H groups in total. The fraction of sp³-hybridized carbons (Fsp3) is 0.467. The lowest BCUT2D eigenvalue weighted by Crippen LogP contribution is -1.90. The minimum Gasteiger partial charge on any atom is -0.350 e. The van der Waals surface area contributed by atoms with Crippen molar-refractivity contribution in [1.29, 1.82) is 0 Å². The van der Waals surface area contributed by atoms with Crippen LogP contribution >= 0.6 is 0 Å². The molecule has 0 bridgehead atoms. The van der Waals surface area contributed by atoms with Crippen molar-refractivity contribution in [1.82, 2.24) is 4.57 Å². The summed E-state index contributed by atoms with van der Waals surface area (Å²) in [5.74, 6) is 0.811. The summed E-state index contributed by atoms with van der Waals surface area (Å²) in [7, 11) is 2.16. The van der Waals surface area contributed by atoms with Gasteiger partial charge in [-0.1, -0.05) is 24.5 Å². The summed E-state index contributed by atoms with van der Waals surface area (Å²) < 4.78 is 2.28. The molecule has 0 saturated heterocycles. The first-order chi connectivity index (χ1) is 7.75. The van der Waals surface area contributed by atoms with Gasteiger partial charge in [0.25, 0.3) is 0 Å². The molecule has 1 nitrogen and oxygen atoms in total. The fourth-order valence-corrected chi connectivity index (χ4v) is 3.10. The summed E-state index contributed by atoms with van der Waals surface area (Å²) in [4.78, 5) is 0. The molecule has 1 heteroatoms. The van der Waals surface area contributed by atoms with Crippen molar-refractivity contribution in [3.8, 4) is 0 Å². The highest BCUT2D eigenvalue weighted by Gasteiger charge is 2.20. The van der Waals surface area contributed by atoms with Crippen molar-refractivity contribution in [3.63, 3.8) is 0 Å². The number of aromatic nitrogens is 1. The molecular formula is C15H19N. The minimum atomic E-state index is 0.811. The van der Waals surface area contributed by atoms with Gasteiger partial charge in [0.15, 0.2) is 0 Å². The Morgan fingerprint density at radius 1 is 1.19 bits per heavy atom. The van der Waals surface area contributed by atoms with Crippen LogP contribution in [0.5, 0.6) is 0 Å². The molecule has 1 aromatic heterocycles. The number of fused-ring (bicyclic) bond motifs is 1. The molecule has 0 unspecified atom stereocenters. The lowest BCUT2D eigenvalue weighted by molar-refractivity contribution is 0.724. The second kappa shape index (κ2) is 3.65. The van der Waals surface area contributed by atoms with Crippen LogP contribution in [0.1, 0.15) is 42.7 Å². The van der Waals surface area contributed by atoms with Crippen molar-refractivity contribution in [2.24, 2.45) is 7.05 Å². The Bertz CT molecular complexity index is 515. The zero-order chi connectivity index (χ0) is 11.1. The van der Waals surface area contributed by atoms with Crippen molar-refractivity contribution >= 4 is 10.9 Å². The number of hydrogen-bond acceptors (Lipinski definition) is 0. The second-order valence-corrected chi connectivity index (χ2v) is 5.20. The van der Waals surface area contributed by atoms with Gasteiger partial charge < -0.3 is 4.57 Å². The van der Waals surface area contributed by atoms with E-state index >= 15 is 0 Å². The van der Waals surface area contributed by atoms with E-state index in [2.05, 4.69) is 42.9 Å². The normalized spacial score (nSPS) is 17.4. The predicted octanol–water partition coefficient (Wildman–Crippen LogP) is 4.14. The van der Waals surface area contributed by atoms with E-state index in [1.807, 2.05) is 0 Å². The van der Waals surface area contributed by atoms with Crippen LogP contribution in [0.4, 0.5) is 0 Å². The van der Waals surface area contributed by atoms with Gasteiger partial charge in [-0.05, 0) is 43.4 Å². The number of benzene rings is 1.